The lowest BCUT2D eigenvalue weighted by Gasteiger charge is -2.21. The van der Waals surface area contributed by atoms with E-state index in [1.165, 1.54) is 17.4 Å². The quantitative estimate of drug-likeness (QED) is 0.505. The molecule has 1 aliphatic rings. The maximum atomic E-state index is 12.6. The number of hydrogen-bond acceptors (Lipinski definition) is 6. The number of aromatic nitrogens is 5. The van der Waals surface area contributed by atoms with Crippen molar-refractivity contribution in [2.45, 2.75) is 64.5 Å². The number of carbonyl (C=O) groups excluding carboxylic acids is 1. The number of rotatable bonds is 4. The zero-order chi connectivity index (χ0) is 22.2. The molecule has 3 heterocycles. The van der Waals surface area contributed by atoms with E-state index >= 15 is 0 Å². The Hall–Kier alpha value is -2.92. The van der Waals surface area contributed by atoms with E-state index in [4.69, 9.17) is 16.3 Å². The van der Waals surface area contributed by atoms with E-state index in [1.54, 1.807) is 39.2 Å². The largest absolute Gasteiger partial charge is 0.443 e. The van der Waals surface area contributed by atoms with Crippen LogP contribution >= 0.6 is 11.6 Å². The van der Waals surface area contributed by atoms with Gasteiger partial charge in [-0.3, -0.25) is 4.68 Å². The lowest BCUT2D eigenvalue weighted by Crippen LogP contribution is -2.26. The lowest BCUT2D eigenvalue weighted by atomic mass is 9.96. The summed E-state index contributed by atoms with van der Waals surface area (Å²) >= 11 is 6.21. The zero-order valence-corrected chi connectivity index (χ0v) is 18.6. The Morgan fingerprint density at radius 1 is 1.35 bits per heavy atom. The van der Waals surface area contributed by atoms with Gasteiger partial charge in [0.2, 0.25) is 5.28 Å². The van der Waals surface area contributed by atoms with Gasteiger partial charge in [-0.15, -0.1) is 0 Å². The Morgan fingerprint density at radius 3 is 2.77 bits per heavy atom. The highest BCUT2D eigenvalue weighted by molar-refractivity contribution is 6.28. The van der Waals surface area contributed by atoms with Gasteiger partial charge in [0.05, 0.1) is 30.4 Å². The molecular formula is C22H25ClN6O2. The minimum absolute atomic E-state index is 0.0307. The number of carbonyl (C=O) groups is 1. The molecule has 1 saturated carbocycles. The summed E-state index contributed by atoms with van der Waals surface area (Å²) in [6, 6.07) is 4.11. The van der Waals surface area contributed by atoms with E-state index in [0.29, 0.717) is 29.1 Å². The summed E-state index contributed by atoms with van der Waals surface area (Å²) in [4.78, 5) is 21.3. The van der Waals surface area contributed by atoms with Crippen molar-refractivity contribution >= 4 is 28.7 Å². The van der Waals surface area contributed by atoms with Gasteiger partial charge in [0, 0.05) is 23.3 Å². The normalized spacial score (nSPS) is 15.8. The number of ether oxygens (including phenoxy) is 1. The first kappa shape index (κ1) is 21.3. The molecule has 3 aromatic rings. The van der Waals surface area contributed by atoms with Crippen LogP contribution in [0, 0.1) is 17.2 Å². The zero-order valence-electron chi connectivity index (χ0n) is 17.9. The molecule has 0 N–H and O–H groups in total. The van der Waals surface area contributed by atoms with E-state index < -0.39 is 11.7 Å². The van der Waals surface area contributed by atoms with Gasteiger partial charge in [0.1, 0.15) is 5.60 Å². The Labute approximate surface area is 185 Å². The monoisotopic (exact) mass is 440 g/mol. The summed E-state index contributed by atoms with van der Waals surface area (Å²) in [6.07, 6.45) is 9.74. The summed E-state index contributed by atoms with van der Waals surface area (Å²) < 4.78 is 8.68. The van der Waals surface area contributed by atoms with Crippen LogP contribution < -0.4 is 0 Å². The molecule has 0 saturated heterocycles. The van der Waals surface area contributed by atoms with Crippen LogP contribution in [0.2, 0.25) is 5.28 Å². The van der Waals surface area contributed by atoms with Crippen molar-refractivity contribution in [3.05, 3.63) is 29.9 Å². The van der Waals surface area contributed by atoms with E-state index in [0.717, 1.165) is 18.4 Å². The number of fused-ring (bicyclic) bond motifs is 1. The van der Waals surface area contributed by atoms with Crippen molar-refractivity contribution < 1.29 is 9.53 Å². The molecule has 1 aliphatic carbocycles. The predicted octanol–water partition coefficient (Wildman–Crippen LogP) is 5.38. The molecule has 0 spiro atoms. The maximum Gasteiger partial charge on any atom is 0.420 e. The molecule has 162 valence electrons. The van der Waals surface area contributed by atoms with Crippen molar-refractivity contribution in [3.63, 3.8) is 0 Å². The van der Waals surface area contributed by atoms with Crippen LogP contribution in [-0.2, 0) is 4.74 Å². The molecule has 0 amide bonds. The standard InChI is InChI=1S/C22H25ClN6O2/c1-22(2,3)31-21(30)28-11-9-16-18(26-20(23)27-19(16)28)15-12-25-29(13-15)17(8-10-24)14-6-4-5-7-14/h9,11-14,17H,4-8H2,1-3H3/t17-/m0/s1. The van der Waals surface area contributed by atoms with Gasteiger partial charge in [0.15, 0.2) is 5.65 Å². The second kappa shape index (κ2) is 8.31. The van der Waals surface area contributed by atoms with Gasteiger partial charge in [-0.05, 0) is 57.2 Å². The van der Waals surface area contributed by atoms with Crippen molar-refractivity contribution in [1.29, 1.82) is 5.26 Å². The van der Waals surface area contributed by atoms with Gasteiger partial charge in [-0.1, -0.05) is 12.8 Å². The van der Waals surface area contributed by atoms with Gasteiger partial charge < -0.3 is 4.74 Å². The Balaban J connectivity index is 1.72. The minimum atomic E-state index is -0.634. The predicted molar refractivity (Wildman–Crippen MR) is 117 cm³/mol. The van der Waals surface area contributed by atoms with Crippen LogP contribution in [-0.4, -0.2) is 36.0 Å². The summed E-state index contributed by atoms with van der Waals surface area (Å²) in [7, 11) is 0. The van der Waals surface area contributed by atoms with Crippen LogP contribution in [0.1, 0.15) is 58.9 Å². The van der Waals surface area contributed by atoms with Crippen molar-refractivity contribution in [2.24, 2.45) is 5.92 Å². The second-order valence-electron chi connectivity index (χ2n) is 8.93. The highest BCUT2D eigenvalue weighted by Crippen LogP contribution is 2.37. The average Bonchev–Trinajstić information content (AvgIpc) is 3.44. The number of halogens is 1. The van der Waals surface area contributed by atoms with E-state index in [2.05, 4.69) is 21.1 Å². The van der Waals surface area contributed by atoms with Crippen LogP contribution in [0.4, 0.5) is 4.79 Å². The summed E-state index contributed by atoms with van der Waals surface area (Å²) in [5.41, 5.74) is 1.09. The van der Waals surface area contributed by atoms with Crippen LogP contribution in [0.3, 0.4) is 0 Å². The topological polar surface area (TPSA) is 98.6 Å². The smallest absolute Gasteiger partial charge is 0.420 e. The molecular weight excluding hydrogens is 416 g/mol. The molecule has 31 heavy (non-hydrogen) atoms. The van der Waals surface area contributed by atoms with Gasteiger partial charge in [0.25, 0.3) is 0 Å². The fourth-order valence-electron chi connectivity index (χ4n) is 4.22. The van der Waals surface area contributed by atoms with Gasteiger partial charge in [-0.25, -0.2) is 14.3 Å². The number of hydrogen-bond donors (Lipinski definition) is 0. The summed E-state index contributed by atoms with van der Waals surface area (Å²) in [5.74, 6) is 0.453. The SMILES string of the molecule is CC(C)(C)OC(=O)n1ccc2c(-c3cnn([C@@H](CC#N)C4CCCC4)c3)nc(Cl)nc21. The third-order valence-corrected chi connectivity index (χ3v) is 5.74. The van der Waals surface area contributed by atoms with Crippen LogP contribution in [0.15, 0.2) is 24.7 Å². The fourth-order valence-corrected chi connectivity index (χ4v) is 4.38. The first-order chi connectivity index (χ1) is 14.8. The van der Waals surface area contributed by atoms with Crippen LogP contribution in [0.5, 0.6) is 0 Å². The Morgan fingerprint density at radius 2 is 2.10 bits per heavy atom. The lowest BCUT2D eigenvalue weighted by molar-refractivity contribution is 0.0543. The molecule has 0 bridgehead atoms. The molecule has 8 nitrogen and oxygen atoms in total. The third kappa shape index (κ3) is 4.42. The van der Waals surface area contributed by atoms with Crippen LogP contribution in [0.25, 0.3) is 22.3 Å². The molecule has 3 aromatic heterocycles. The molecule has 9 heteroatoms. The Bertz CT molecular complexity index is 1150. The van der Waals surface area contributed by atoms with Crippen molar-refractivity contribution in [2.75, 3.05) is 0 Å². The average molecular weight is 441 g/mol. The molecule has 0 aliphatic heterocycles. The molecule has 1 atom stereocenters. The first-order valence-corrected chi connectivity index (χ1v) is 10.8. The number of nitriles is 1. The summed E-state index contributed by atoms with van der Waals surface area (Å²) in [6.45, 7) is 5.42. The second-order valence-corrected chi connectivity index (χ2v) is 9.27. The van der Waals surface area contributed by atoms with E-state index in [-0.39, 0.29) is 11.3 Å². The number of nitrogens with zero attached hydrogens (tertiary/aromatic N) is 6. The fraction of sp³-hybridized carbons (Fsp3) is 0.500. The maximum absolute atomic E-state index is 12.6. The van der Waals surface area contributed by atoms with Gasteiger partial charge >= 0.3 is 6.09 Å². The molecule has 0 aromatic carbocycles. The minimum Gasteiger partial charge on any atom is -0.443 e. The highest BCUT2D eigenvalue weighted by atomic mass is 35.5. The molecule has 1 fully saturated rings. The Kier molecular flexibility index (Phi) is 5.71. The summed E-state index contributed by atoms with van der Waals surface area (Å²) in [5, 5.41) is 14.6. The first-order valence-electron chi connectivity index (χ1n) is 10.5. The van der Waals surface area contributed by atoms with E-state index in [9.17, 15) is 10.1 Å². The molecule has 4 rings (SSSR count). The van der Waals surface area contributed by atoms with Crippen molar-refractivity contribution in [3.8, 4) is 17.3 Å². The van der Waals surface area contributed by atoms with Crippen molar-refractivity contribution in [1.82, 2.24) is 24.3 Å². The molecule has 0 unspecified atom stereocenters. The third-order valence-electron chi connectivity index (χ3n) is 5.57. The molecule has 0 radical (unpaired) electrons. The highest BCUT2D eigenvalue weighted by Gasteiger charge is 2.28. The van der Waals surface area contributed by atoms with Gasteiger partial charge in [-0.2, -0.15) is 15.3 Å². The van der Waals surface area contributed by atoms with E-state index in [1.807, 2.05) is 10.9 Å².